The van der Waals surface area contributed by atoms with Crippen molar-refractivity contribution in [3.05, 3.63) is 58.2 Å². The number of thiazole rings is 1. The average Bonchev–Trinajstić information content (AvgIpc) is 3.31. The molecule has 0 aliphatic heterocycles. The monoisotopic (exact) mass is 354 g/mol. The summed E-state index contributed by atoms with van der Waals surface area (Å²) in [5, 5.41) is 10.3. The third-order valence-corrected chi connectivity index (χ3v) is 5.16. The van der Waals surface area contributed by atoms with Crippen molar-refractivity contribution in [2.45, 2.75) is 32.7 Å². The maximum absolute atomic E-state index is 12.7. The molecule has 1 aromatic carbocycles. The molecule has 2 aromatic heterocycles. The molecule has 0 fully saturated rings. The van der Waals surface area contributed by atoms with Gasteiger partial charge in [0.1, 0.15) is 5.69 Å². The first-order valence-corrected chi connectivity index (χ1v) is 9.30. The number of aromatic amines is 1. The first kappa shape index (κ1) is 17.4. The molecule has 1 atom stereocenters. The Hall–Kier alpha value is -2.47. The van der Waals surface area contributed by atoms with E-state index in [-0.39, 0.29) is 11.9 Å². The molecule has 0 saturated carbocycles. The molecule has 3 rings (SSSR count). The minimum atomic E-state index is -0.117. The number of amides is 1. The summed E-state index contributed by atoms with van der Waals surface area (Å²) < 4.78 is 0. The van der Waals surface area contributed by atoms with Crippen LogP contribution < -0.4 is 0 Å². The standard InChI is InChI=1S/C19H22N4OS/c1-4-8-18-20-17(12-25-18)19(24)23(3)13(2)15-11-16(22-21-15)14-9-6-5-7-10-14/h5-7,9-13H,4,8H2,1-3H3,(H,21,22). The van der Waals surface area contributed by atoms with Crippen molar-refractivity contribution >= 4 is 17.2 Å². The highest BCUT2D eigenvalue weighted by molar-refractivity contribution is 7.09. The highest BCUT2D eigenvalue weighted by atomic mass is 32.1. The second-order valence-corrected chi connectivity index (χ2v) is 6.99. The van der Waals surface area contributed by atoms with Crippen LogP contribution in [0.15, 0.2) is 41.8 Å². The minimum absolute atomic E-state index is 0.0676. The van der Waals surface area contributed by atoms with E-state index in [1.54, 1.807) is 23.3 Å². The van der Waals surface area contributed by atoms with Gasteiger partial charge in [-0.1, -0.05) is 37.3 Å². The van der Waals surface area contributed by atoms with Crippen LogP contribution in [0.4, 0.5) is 0 Å². The third-order valence-electron chi connectivity index (χ3n) is 4.25. The summed E-state index contributed by atoms with van der Waals surface area (Å²) in [6.45, 7) is 4.10. The lowest BCUT2D eigenvalue weighted by atomic mass is 10.1. The van der Waals surface area contributed by atoms with Gasteiger partial charge in [0.15, 0.2) is 0 Å². The second kappa shape index (κ2) is 7.61. The quantitative estimate of drug-likeness (QED) is 0.717. The molecule has 0 spiro atoms. The Kier molecular flexibility index (Phi) is 5.28. The van der Waals surface area contributed by atoms with Gasteiger partial charge in [0, 0.05) is 18.0 Å². The van der Waals surface area contributed by atoms with Gasteiger partial charge in [-0.15, -0.1) is 11.3 Å². The van der Waals surface area contributed by atoms with Crippen molar-refractivity contribution in [1.82, 2.24) is 20.1 Å². The van der Waals surface area contributed by atoms with Crippen LogP contribution in [0.3, 0.4) is 0 Å². The molecule has 1 unspecified atom stereocenters. The Morgan fingerprint density at radius 3 is 2.80 bits per heavy atom. The molecule has 6 heteroatoms. The van der Waals surface area contributed by atoms with E-state index in [2.05, 4.69) is 22.1 Å². The average molecular weight is 354 g/mol. The molecule has 0 saturated heterocycles. The van der Waals surface area contributed by atoms with Crippen LogP contribution >= 0.6 is 11.3 Å². The molecule has 1 N–H and O–H groups in total. The summed E-state index contributed by atoms with van der Waals surface area (Å²) in [6.07, 6.45) is 1.95. The number of hydrogen-bond acceptors (Lipinski definition) is 4. The van der Waals surface area contributed by atoms with Crippen molar-refractivity contribution < 1.29 is 4.79 Å². The molecule has 0 radical (unpaired) electrons. The van der Waals surface area contributed by atoms with Crippen molar-refractivity contribution in [3.63, 3.8) is 0 Å². The van der Waals surface area contributed by atoms with Crippen LogP contribution in [0.1, 0.15) is 47.5 Å². The minimum Gasteiger partial charge on any atom is -0.332 e. The predicted molar refractivity (Wildman–Crippen MR) is 101 cm³/mol. The fourth-order valence-electron chi connectivity index (χ4n) is 2.61. The molecule has 0 aliphatic carbocycles. The van der Waals surface area contributed by atoms with E-state index in [4.69, 9.17) is 0 Å². The molecule has 3 aromatic rings. The van der Waals surface area contributed by atoms with E-state index in [0.29, 0.717) is 5.69 Å². The number of hydrogen-bond donors (Lipinski definition) is 1. The number of benzene rings is 1. The van der Waals surface area contributed by atoms with Gasteiger partial charge in [0.25, 0.3) is 5.91 Å². The smallest absolute Gasteiger partial charge is 0.273 e. The van der Waals surface area contributed by atoms with Gasteiger partial charge in [-0.05, 0) is 25.8 Å². The number of carbonyl (C=O) groups excluding carboxylic acids is 1. The number of aryl methyl sites for hydroxylation is 1. The molecule has 25 heavy (non-hydrogen) atoms. The van der Waals surface area contributed by atoms with Gasteiger partial charge in [-0.25, -0.2) is 4.98 Å². The highest BCUT2D eigenvalue weighted by Crippen LogP contribution is 2.24. The first-order valence-electron chi connectivity index (χ1n) is 8.42. The summed E-state index contributed by atoms with van der Waals surface area (Å²) in [6, 6.07) is 11.9. The second-order valence-electron chi connectivity index (χ2n) is 6.04. The molecule has 0 aliphatic rings. The lowest BCUT2D eigenvalue weighted by molar-refractivity contribution is 0.0734. The number of carbonyl (C=O) groups is 1. The summed E-state index contributed by atoms with van der Waals surface area (Å²) in [5.74, 6) is -0.0676. The van der Waals surface area contributed by atoms with Crippen LogP contribution in [-0.2, 0) is 6.42 Å². The molecule has 130 valence electrons. The summed E-state index contributed by atoms with van der Waals surface area (Å²) >= 11 is 1.55. The molecule has 0 bridgehead atoms. The van der Waals surface area contributed by atoms with Gasteiger partial charge >= 0.3 is 0 Å². The zero-order valence-electron chi connectivity index (χ0n) is 14.7. The zero-order valence-corrected chi connectivity index (χ0v) is 15.5. The topological polar surface area (TPSA) is 61.9 Å². The van der Waals surface area contributed by atoms with E-state index in [1.165, 1.54) is 0 Å². The van der Waals surface area contributed by atoms with Crippen molar-refractivity contribution in [2.24, 2.45) is 0 Å². The van der Waals surface area contributed by atoms with E-state index in [0.717, 1.165) is 34.8 Å². The third kappa shape index (κ3) is 3.79. The number of nitrogens with zero attached hydrogens (tertiary/aromatic N) is 3. The Labute approximate surface area is 151 Å². The maximum atomic E-state index is 12.7. The van der Waals surface area contributed by atoms with E-state index in [9.17, 15) is 4.79 Å². The van der Waals surface area contributed by atoms with Gasteiger partial charge in [0.2, 0.25) is 0 Å². The number of aromatic nitrogens is 3. The summed E-state index contributed by atoms with van der Waals surface area (Å²) in [7, 11) is 1.80. The molecule has 5 nitrogen and oxygen atoms in total. The van der Waals surface area contributed by atoms with Crippen LogP contribution in [0.5, 0.6) is 0 Å². The molecular formula is C19H22N4OS. The normalized spacial score (nSPS) is 12.1. The van der Waals surface area contributed by atoms with Gasteiger partial charge in [0.05, 0.1) is 22.4 Å². The Bertz CT molecular complexity index is 840. The van der Waals surface area contributed by atoms with Crippen LogP contribution in [-0.4, -0.2) is 33.0 Å². The van der Waals surface area contributed by atoms with Crippen LogP contribution in [0, 0.1) is 0 Å². The Morgan fingerprint density at radius 1 is 1.32 bits per heavy atom. The van der Waals surface area contributed by atoms with Gasteiger partial charge < -0.3 is 4.90 Å². The highest BCUT2D eigenvalue weighted by Gasteiger charge is 2.22. The van der Waals surface area contributed by atoms with E-state index < -0.39 is 0 Å². The lowest BCUT2D eigenvalue weighted by Gasteiger charge is -2.23. The first-order chi connectivity index (χ1) is 12.1. The fourth-order valence-corrected chi connectivity index (χ4v) is 3.48. The lowest BCUT2D eigenvalue weighted by Crippen LogP contribution is -2.30. The van der Waals surface area contributed by atoms with Crippen molar-refractivity contribution in [1.29, 1.82) is 0 Å². The fraction of sp³-hybridized carbons (Fsp3) is 0.316. The predicted octanol–water partition coefficient (Wildman–Crippen LogP) is 4.32. The van der Waals surface area contributed by atoms with Crippen LogP contribution in [0.2, 0.25) is 0 Å². The Balaban J connectivity index is 1.74. The molecule has 2 heterocycles. The van der Waals surface area contributed by atoms with E-state index in [1.807, 2.05) is 48.7 Å². The summed E-state index contributed by atoms with van der Waals surface area (Å²) in [4.78, 5) is 18.8. The largest absolute Gasteiger partial charge is 0.332 e. The number of H-pyrrole nitrogens is 1. The zero-order chi connectivity index (χ0) is 17.8. The molecule has 1 amide bonds. The number of rotatable bonds is 6. The van der Waals surface area contributed by atoms with Crippen molar-refractivity contribution in [2.75, 3.05) is 7.05 Å². The summed E-state index contributed by atoms with van der Waals surface area (Å²) in [5.41, 5.74) is 3.35. The SMILES string of the molecule is CCCc1nc(C(=O)N(C)C(C)c2cc(-c3ccccc3)n[nH]2)cs1. The van der Waals surface area contributed by atoms with Crippen molar-refractivity contribution in [3.8, 4) is 11.3 Å². The maximum Gasteiger partial charge on any atom is 0.273 e. The number of nitrogens with one attached hydrogen (secondary N) is 1. The molecular weight excluding hydrogens is 332 g/mol. The van der Waals surface area contributed by atoms with Gasteiger partial charge in [-0.2, -0.15) is 5.10 Å². The van der Waals surface area contributed by atoms with Crippen LogP contribution in [0.25, 0.3) is 11.3 Å². The van der Waals surface area contributed by atoms with E-state index >= 15 is 0 Å². The Morgan fingerprint density at radius 2 is 2.08 bits per heavy atom. The van der Waals surface area contributed by atoms with Gasteiger partial charge in [-0.3, -0.25) is 9.89 Å².